The molecule has 1 saturated heterocycles. The highest BCUT2D eigenvalue weighted by molar-refractivity contribution is 5.78. The largest absolute Gasteiger partial charge is 0.462 e. The molecule has 1 aromatic carbocycles. The second kappa shape index (κ2) is 13.2. The molecular formula is C32H50N2O10. The van der Waals surface area contributed by atoms with Gasteiger partial charge in [0.05, 0.1) is 33.0 Å². The summed E-state index contributed by atoms with van der Waals surface area (Å²) in [6, 6.07) is 4.72. The fraction of sp³-hybridized carbons (Fsp3) is 0.688. The summed E-state index contributed by atoms with van der Waals surface area (Å²) in [6.07, 6.45) is -6.97. The molecule has 44 heavy (non-hydrogen) atoms. The Hall–Kier alpha value is -3.54. The average molecular weight is 623 g/mol. The van der Waals surface area contributed by atoms with Crippen molar-refractivity contribution >= 4 is 35.3 Å². The van der Waals surface area contributed by atoms with Crippen molar-refractivity contribution in [3.63, 3.8) is 0 Å². The number of nitrogen functional groups attached to an aromatic ring is 2. The number of ether oxygens (including phenoxy) is 6. The molecule has 0 bridgehead atoms. The van der Waals surface area contributed by atoms with Gasteiger partial charge in [-0.2, -0.15) is 0 Å². The smallest absolute Gasteiger partial charge is 0.311 e. The van der Waals surface area contributed by atoms with E-state index >= 15 is 0 Å². The van der Waals surface area contributed by atoms with Crippen LogP contribution in [0.5, 0.6) is 5.75 Å². The third-order valence-corrected chi connectivity index (χ3v) is 6.49. The molecule has 0 aliphatic carbocycles. The molecule has 5 atom stereocenters. The Bertz CT molecular complexity index is 1220. The maximum atomic E-state index is 13.4. The van der Waals surface area contributed by atoms with E-state index < -0.39 is 82.8 Å². The highest BCUT2D eigenvalue weighted by Gasteiger charge is 2.55. The SMILES string of the molecule is CC(C)(C)C(=O)OC[C@H]1O[C@@H](Oc2cccc(N)c2N)[C@H](OC(=O)C(C)(C)C)[C@@H](OC(=O)C(C)(C)C)[C@@H]1OC(=O)C(C)(C)C. The third-order valence-electron chi connectivity index (χ3n) is 6.49. The van der Waals surface area contributed by atoms with E-state index in [0.717, 1.165) is 0 Å². The maximum Gasteiger partial charge on any atom is 0.311 e. The molecule has 1 heterocycles. The Morgan fingerprint density at radius 3 is 1.55 bits per heavy atom. The van der Waals surface area contributed by atoms with Gasteiger partial charge < -0.3 is 39.9 Å². The molecule has 12 nitrogen and oxygen atoms in total. The highest BCUT2D eigenvalue weighted by Crippen LogP contribution is 2.37. The minimum absolute atomic E-state index is 0.0947. The van der Waals surface area contributed by atoms with E-state index in [-0.39, 0.29) is 17.1 Å². The lowest BCUT2D eigenvalue weighted by molar-refractivity contribution is -0.293. The zero-order valence-corrected chi connectivity index (χ0v) is 28.1. The van der Waals surface area contributed by atoms with E-state index in [1.807, 2.05) is 0 Å². The van der Waals surface area contributed by atoms with Crippen molar-refractivity contribution in [2.45, 2.75) is 114 Å². The average Bonchev–Trinajstić information content (AvgIpc) is 2.85. The molecule has 4 N–H and O–H groups in total. The molecule has 248 valence electrons. The lowest BCUT2D eigenvalue weighted by atomic mass is 9.93. The van der Waals surface area contributed by atoms with E-state index in [9.17, 15) is 19.2 Å². The second-order valence-corrected chi connectivity index (χ2v) is 15.1. The topological polar surface area (TPSA) is 176 Å². The molecule has 0 saturated carbocycles. The van der Waals surface area contributed by atoms with Gasteiger partial charge in [-0.15, -0.1) is 0 Å². The molecular weight excluding hydrogens is 572 g/mol. The number of anilines is 2. The Balaban J connectivity index is 2.75. The van der Waals surface area contributed by atoms with Gasteiger partial charge in [-0.25, -0.2) is 0 Å². The Morgan fingerprint density at radius 1 is 0.659 bits per heavy atom. The molecule has 0 unspecified atom stereocenters. The van der Waals surface area contributed by atoms with Gasteiger partial charge in [0.1, 0.15) is 18.5 Å². The molecule has 0 amide bonds. The van der Waals surface area contributed by atoms with Crippen LogP contribution in [0.15, 0.2) is 18.2 Å². The predicted molar refractivity (Wildman–Crippen MR) is 163 cm³/mol. The normalized spacial score (nSPS) is 22.9. The molecule has 1 aliphatic heterocycles. The minimum atomic E-state index is -1.47. The quantitative estimate of drug-likeness (QED) is 0.249. The van der Waals surface area contributed by atoms with Crippen LogP contribution in [-0.4, -0.2) is 61.2 Å². The van der Waals surface area contributed by atoms with Crippen molar-refractivity contribution in [2.24, 2.45) is 21.7 Å². The number of rotatable bonds is 7. The van der Waals surface area contributed by atoms with Crippen LogP contribution >= 0.6 is 0 Å². The van der Waals surface area contributed by atoms with Crippen molar-refractivity contribution < 1.29 is 47.6 Å². The second-order valence-electron chi connectivity index (χ2n) is 15.1. The first kappa shape index (κ1) is 36.7. The molecule has 1 aliphatic rings. The van der Waals surface area contributed by atoms with Gasteiger partial charge >= 0.3 is 23.9 Å². The number of esters is 4. The number of hydrogen-bond acceptors (Lipinski definition) is 12. The van der Waals surface area contributed by atoms with Crippen LogP contribution in [0.25, 0.3) is 0 Å². The van der Waals surface area contributed by atoms with E-state index in [1.165, 1.54) is 6.07 Å². The van der Waals surface area contributed by atoms with Gasteiger partial charge in [0.15, 0.2) is 12.2 Å². The van der Waals surface area contributed by atoms with Crippen molar-refractivity contribution in [2.75, 3.05) is 18.1 Å². The first-order chi connectivity index (χ1) is 19.8. The Morgan fingerprint density at radius 2 is 1.09 bits per heavy atom. The van der Waals surface area contributed by atoms with Crippen LogP contribution < -0.4 is 16.2 Å². The monoisotopic (exact) mass is 622 g/mol. The standard InChI is InChI=1S/C32H50N2O10/c1-29(2,3)25(35)39-16-19-21(42-26(36)30(4,5)6)22(43-27(37)31(7,8)9)23(44-28(38)32(10,11)12)24(41-19)40-18-15-13-14-17(33)20(18)34/h13-15,19,21-24H,16,33-34H2,1-12H3/t19-,21-,22+,23-,24-/m1/s1. The first-order valence-electron chi connectivity index (χ1n) is 14.6. The number of nitrogens with two attached hydrogens (primary N) is 2. The van der Waals surface area contributed by atoms with Crippen molar-refractivity contribution in [1.82, 2.24) is 0 Å². The molecule has 0 spiro atoms. The van der Waals surface area contributed by atoms with Crippen LogP contribution in [-0.2, 0) is 42.9 Å². The van der Waals surface area contributed by atoms with E-state index in [0.29, 0.717) is 0 Å². The van der Waals surface area contributed by atoms with Crippen LogP contribution in [0.3, 0.4) is 0 Å². The molecule has 0 radical (unpaired) electrons. The Kier molecular flexibility index (Phi) is 11.0. The van der Waals surface area contributed by atoms with Gasteiger partial charge in [-0.3, -0.25) is 19.2 Å². The zero-order valence-electron chi connectivity index (χ0n) is 28.1. The van der Waals surface area contributed by atoms with Gasteiger partial charge in [0, 0.05) is 0 Å². The van der Waals surface area contributed by atoms with Crippen LogP contribution in [0, 0.1) is 21.7 Å². The van der Waals surface area contributed by atoms with E-state index in [4.69, 9.17) is 39.9 Å². The minimum Gasteiger partial charge on any atom is -0.462 e. The van der Waals surface area contributed by atoms with Gasteiger partial charge in [-0.05, 0) is 95.2 Å². The van der Waals surface area contributed by atoms with E-state index in [1.54, 1.807) is 95.2 Å². The fourth-order valence-electron chi connectivity index (χ4n) is 3.57. The highest BCUT2D eigenvalue weighted by atomic mass is 16.7. The first-order valence-corrected chi connectivity index (χ1v) is 14.6. The summed E-state index contributed by atoms with van der Waals surface area (Å²) in [5.41, 5.74) is 8.65. The molecule has 1 aromatic rings. The third kappa shape index (κ3) is 9.48. The maximum absolute atomic E-state index is 13.4. The fourth-order valence-corrected chi connectivity index (χ4v) is 3.57. The summed E-state index contributed by atoms with van der Waals surface area (Å²) in [4.78, 5) is 52.6. The number of carbonyl (C=O) groups is 4. The van der Waals surface area contributed by atoms with Crippen molar-refractivity contribution in [3.8, 4) is 5.75 Å². The summed E-state index contributed by atoms with van der Waals surface area (Å²) in [7, 11) is 0. The van der Waals surface area contributed by atoms with E-state index in [2.05, 4.69) is 0 Å². The van der Waals surface area contributed by atoms with Crippen LogP contribution in [0.4, 0.5) is 11.4 Å². The van der Waals surface area contributed by atoms with Gasteiger partial charge in [0.2, 0.25) is 12.4 Å². The summed E-state index contributed by atoms with van der Waals surface area (Å²) in [6.45, 7) is 19.4. The van der Waals surface area contributed by atoms with Crippen molar-refractivity contribution in [1.29, 1.82) is 0 Å². The molecule has 12 heteroatoms. The van der Waals surface area contributed by atoms with Crippen LogP contribution in [0.1, 0.15) is 83.1 Å². The number of para-hydroxylation sites is 1. The predicted octanol–water partition coefficient (Wildman–Crippen LogP) is 4.42. The molecule has 2 rings (SSSR count). The lowest BCUT2D eigenvalue weighted by Gasteiger charge is -2.45. The number of benzene rings is 1. The molecule has 0 aromatic heterocycles. The number of hydrogen-bond donors (Lipinski definition) is 2. The lowest BCUT2D eigenvalue weighted by Crippen LogP contribution is -2.65. The van der Waals surface area contributed by atoms with Gasteiger partial charge in [-0.1, -0.05) is 6.07 Å². The summed E-state index contributed by atoms with van der Waals surface area (Å²) in [5.74, 6) is -2.45. The summed E-state index contributed by atoms with van der Waals surface area (Å²) in [5, 5.41) is 0. The summed E-state index contributed by atoms with van der Waals surface area (Å²) >= 11 is 0. The zero-order chi connectivity index (χ0) is 34.0. The van der Waals surface area contributed by atoms with Gasteiger partial charge in [0.25, 0.3) is 0 Å². The van der Waals surface area contributed by atoms with Crippen LogP contribution in [0.2, 0.25) is 0 Å². The Labute approximate surface area is 260 Å². The molecule has 1 fully saturated rings. The number of carbonyl (C=O) groups excluding carboxylic acids is 4. The van der Waals surface area contributed by atoms with Crippen molar-refractivity contribution in [3.05, 3.63) is 18.2 Å². The summed E-state index contributed by atoms with van der Waals surface area (Å²) < 4.78 is 35.8.